The first-order chi connectivity index (χ1) is 8.52. The second kappa shape index (κ2) is 10.7. The highest BCUT2D eigenvalue weighted by Gasteiger charge is 2.23. The van der Waals surface area contributed by atoms with Gasteiger partial charge in [0, 0.05) is 0 Å². The standard InChI is InChI=1S/C14H27FO2S/c1-5-9-17-14(16)13(11(3)4)18-10-7-8-12(15)6-2/h11-13H,5-10H2,1-4H3. The third-order valence-electron chi connectivity index (χ3n) is 2.69. The number of hydrogen-bond donors (Lipinski definition) is 0. The van der Waals surface area contributed by atoms with Crippen molar-refractivity contribution < 1.29 is 13.9 Å². The maximum Gasteiger partial charge on any atom is 0.319 e. The Balaban J connectivity index is 3.93. The molecule has 0 radical (unpaired) electrons. The molecule has 2 unspecified atom stereocenters. The van der Waals surface area contributed by atoms with Crippen molar-refractivity contribution >= 4 is 17.7 Å². The largest absolute Gasteiger partial charge is 0.465 e. The molecule has 0 aliphatic rings. The van der Waals surface area contributed by atoms with Crippen LogP contribution >= 0.6 is 11.8 Å². The Bertz CT molecular complexity index is 222. The van der Waals surface area contributed by atoms with Gasteiger partial charge in [0.05, 0.1) is 12.8 Å². The second-order valence-corrected chi connectivity index (χ2v) is 6.10. The fourth-order valence-corrected chi connectivity index (χ4v) is 2.71. The van der Waals surface area contributed by atoms with Crippen LogP contribution in [0.4, 0.5) is 4.39 Å². The summed E-state index contributed by atoms with van der Waals surface area (Å²) in [5, 5.41) is -0.115. The minimum Gasteiger partial charge on any atom is -0.465 e. The molecular formula is C14H27FO2S. The lowest BCUT2D eigenvalue weighted by atomic mass is 10.1. The van der Waals surface area contributed by atoms with Crippen LogP contribution in [-0.2, 0) is 9.53 Å². The third-order valence-corrected chi connectivity index (χ3v) is 4.31. The molecule has 0 aromatic heterocycles. The first-order valence-electron chi connectivity index (χ1n) is 6.95. The number of carbonyl (C=O) groups is 1. The number of esters is 1. The minimum absolute atomic E-state index is 0.115. The Labute approximate surface area is 115 Å². The molecule has 0 spiro atoms. The number of rotatable bonds is 10. The number of halogens is 1. The van der Waals surface area contributed by atoms with Crippen LogP contribution in [0, 0.1) is 5.92 Å². The highest BCUT2D eigenvalue weighted by atomic mass is 32.2. The van der Waals surface area contributed by atoms with Crippen LogP contribution in [-0.4, -0.2) is 29.8 Å². The van der Waals surface area contributed by atoms with E-state index in [0.717, 1.165) is 18.6 Å². The second-order valence-electron chi connectivity index (χ2n) is 4.85. The molecule has 0 fully saturated rings. The van der Waals surface area contributed by atoms with Crippen molar-refractivity contribution in [3.63, 3.8) is 0 Å². The topological polar surface area (TPSA) is 26.3 Å². The molecule has 0 aliphatic carbocycles. The fourth-order valence-electron chi connectivity index (χ4n) is 1.54. The molecule has 0 rings (SSSR count). The van der Waals surface area contributed by atoms with E-state index in [2.05, 4.69) is 0 Å². The maximum absolute atomic E-state index is 13.0. The van der Waals surface area contributed by atoms with Crippen molar-refractivity contribution in [2.75, 3.05) is 12.4 Å². The fraction of sp³-hybridized carbons (Fsp3) is 0.929. The molecule has 4 heteroatoms. The molecule has 108 valence electrons. The third kappa shape index (κ3) is 7.96. The summed E-state index contributed by atoms with van der Waals surface area (Å²) in [4.78, 5) is 11.8. The number of thioether (sulfide) groups is 1. The first-order valence-corrected chi connectivity index (χ1v) is 8.00. The molecule has 0 aromatic carbocycles. The lowest BCUT2D eigenvalue weighted by molar-refractivity contribution is -0.143. The molecule has 0 saturated carbocycles. The van der Waals surface area contributed by atoms with Gasteiger partial charge in [0.25, 0.3) is 0 Å². The number of alkyl halides is 1. The van der Waals surface area contributed by atoms with E-state index in [1.807, 2.05) is 27.7 Å². The number of hydrogen-bond acceptors (Lipinski definition) is 3. The first kappa shape index (κ1) is 17.8. The van der Waals surface area contributed by atoms with Gasteiger partial charge in [-0.05, 0) is 37.4 Å². The molecule has 0 amide bonds. The minimum atomic E-state index is -0.699. The zero-order valence-corrected chi connectivity index (χ0v) is 12.9. The lowest BCUT2D eigenvalue weighted by Crippen LogP contribution is -2.26. The van der Waals surface area contributed by atoms with E-state index in [0.29, 0.717) is 19.4 Å². The molecule has 0 bridgehead atoms. The summed E-state index contributed by atoms with van der Waals surface area (Å²) in [5.74, 6) is 0.959. The molecular weight excluding hydrogens is 251 g/mol. The van der Waals surface area contributed by atoms with Gasteiger partial charge >= 0.3 is 5.97 Å². The molecule has 0 saturated heterocycles. The summed E-state index contributed by atoms with van der Waals surface area (Å²) in [5.41, 5.74) is 0. The van der Waals surface area contributed by atoms with Crippen LogP contribution < -0.4 is 0 Å². The van der Waals surface area contributed by atoms with Gasteiger partial charge in [-0.2, -0.15) is 0 Å². The van der Waals surface area contributed by atoms with Crippen LogP contribution in [0.5, 0.6) is 0 Å². The van der Waals surface area contributed by atoms with Gasteiger partial charge in [-0.3, -0.25) is 4.79 Å². The maximum atomic E-state index is 13.0. The Kier molecular flexibility index (Phi) is 10.5. The van der Waals surface area contributed by atoms with Crippen LogP contribution in [0.2, 0.25) is 0 Å². The van der Waals surface area contributed by atoms with Crippen molar-refractivity contribution in [2.45, 2.75) is 64.8 Å². The monoisotopic (exact) mass is 278 g/mol. The average Bonchev–Trinajstić information content (AvgIpc) is 2.34. The average molecular weight is 278 g/mol. The van der Waals surface area contributed by atoms with E-state index >= 15 is 0 Å². The van der Waals surface area contributed by atoms with Crippen LogP contribution in [0.15, 0.2) is 0 Å². The van der Waals surface area contributed by atoms with Crippen molar-refractivity contribution in [1.29, 1.82) is 0 Å². The van der Waals surface area contributed by atoms with E-state index in [4.69, 9.17) is 4.74 Å². The summed E-state index contributed by atoms with van der Waals surface area (Å²) in [6, 6.07) is 0. The summed E-state index contributed by atoms with van der Waals surface area (Å²) in [6.45, 7) is 8.38. The van der Waals surface area contributed by atoms with E-state index in [1.165, 1.54) is 0 Å². The Morgan fingerprint density at radius 2 is 2.00 bits per heavy atom. The molecule has 0 aliphatic heterocycles. The van der Waals surface area contributed by atoms with Crippen molar-refractivity contribution in [3.8, 4) is 0 Å². The number of ether oxygens (including phenoxy) is 1. The smallest absolute Gasteiger partial charge is 0.319 e. The van der Waals surface area contributed by atoms with Crippen molar-refractivity contribution in [2.24, 2.45) is 5.92 Å². The molecule has 0 aromatic rings. The summed E-state index contributed by atoms with van der Waals surface area (Å²) < 4.78 is 18.2. The Hall–Kier alpha value is -0.250. The van der Waals surface area contributed by atoms with E-state index < -0.39 is 6.17 Å². The predicted octanol–water partition coefficient (Wildman–Crippen LogP) is 4.23. The van der Waals surface area contributed by atoms with E-state index in [1.54, 1.807) is 11.8 Å². The number of carbonyl (C=O) groups excluding carboxylic acids is 1. The van der Waals surface area contributed by atoms with Gasteiger partial charge in [0.1, 0.15) is 5.25 Å². The summed E-state index contributed by atoms with van der Waals surface area (Å²) in [6.07, 6.45) is 2.15. The van der Waals surface area contributed by atoms with E-state index in [-0.39, 0.29) is 17.1 Å². The highest BCUT2D eigenvalue weighted by molar-refractivity contribution is 8.00. The van der Waals surface area contributed by atoms with Crippen molar-refractivity contribution in [3.05, 3.63) is 0 Å². The van der Waals surface area contributed by atoms with Crippen LogP contribution in [0.3, 0.4) is 0 Å². The normalized spacial score (nSPS) is 14.6. The van der Waals surface area contributed by atoms with Gasteiger partial charge < -0.3 is 4.74 Å². The Morgan fingerprint density at radius 3 is 2.50 bits per heavy atom. The van der Waals surface area contributed by atoms with E-state index in [9.17, 15) is 9.18 Å². The molecule has 18 heavy (non-hydrogen) atoms. The molecule has 2 nitrogen and oxygen atoms in total. The molecule has 0 heterocycles. The van der Waals surface area contributed by atoms with Crippen LogP contribution in [0.1, 0.15) is 53.4 Å². The summed E-state index contributed by atoms with van der Waals surface area (Å²) >= 11 is 1.60. The van der Waals surface area contributed by atoms with Crippen LogP contribution in [0.25, 0.3) is 0 Å². The zero-order valence-electron chi connectivity index (χ0n) is 12.1. The molecule has 0 N–H and O–H groups in total. The lowest BCUT2D eigenvalue weighted by Gasteiger charge is -2.19. The van der Waals surface area contributed by atoms with Gasteiger partial charge in [0.15, 0.2) is 0 Å². The quantitative estimate of drug-likeness (QED) is 0.442. The highest BCUT2D eigenvalue weighted by Crippen LogP contribution is 2.23. The van der Waals surface area contributed by atoms with Gasteiger partial charge in [-0.15, -0.1) is 11.8 Å². The van der Waals surface area contributed by atoms with Gasteiger partial charge in [-0.1, -0.05) is 27.7 Å². The SMILES string of the molecule is CCCOC(=O)C(SCCCC(F)CC)C(C)C. The van der Waals surface area contributed by atoms with Crippen molar-refractivity contribution in [1.82, 2.24) is 0 Å². The Morgan fingerprint density at radius 1 is 1.33 bits per heavy atom. The molecule has 2 atom stereocenters. The van der Waals surface area contributed by atoms with Gasteiger partial charge in [0.2, 0.25) is 0 Å². The summed E-state index contributed by atoms with van der Waals surface area (Å²) in [7, 11) is 0. The zero-order chi connectivity index (χ0) is 14.0. The predicted molar refractivity (Wildman–Crippen MR) is 76.8 cm³/mol. The van der Waals surface area contributed by atoms with Gasteiger partial charge in [-0.25, -0.2) is 4.39 Å².